The lowest BCUT2D eigenvalue weighted by Gasteiger charge is -2.22. The molecule has 3 rings (SSSR count). The van der Waals surface area contributed by atoms with E-state index in [2.05, 4.69) is 5.32 Å². The predicted octanol–water partition coefficient (Wildman–Crippen LogP) is 2.68. The highest BCUT2D eigenvalue weighted by Gasteiger charge is 2.40. The summed E-state index contributed by atoms with van der Waals surface area (Å²) in [6.45, 7) is 3.57. The fourth-order valence-electron chi connectivity index (χ4n) is 2.45. The summed E-state index contributed by atoms with van der Waals surface area (Å²) < 4.78 is 27.2. The van der Waals surface area contributed by atoms with Crippen LogP contribution in [-0.2, 0) is 10.0 Å². The molecule has 2 fully saturated rings. The molecule has 0 radical (unpaired) electrons. The first kappa shape index (κ1) is 13.9. The number of benzene rings is 1. The van der Waals surface area contributed by atoms with Crippen molar-refractivity contribution >= 4 is 15.7 Å². The zero-order valence-corrected chi connectivity index (χ0v) is 12.7. The number of hydrogen-bond donors (Lipinski definition) is 1. The normalized spacial score (nSPS) is 19.3. The molecule has 0 unspecified atom stereocenters. The van der Waals surface area contributed by atoms with Crippen LogP contribution in [0.15, 0.2) is 29.2 Å². The van der Waals surface area contributed by atoms with Gasteiger partial charge in [0.25, 0.3) is 0 Å². The first-order chi connectivity index (χ1) is 9.61. The summed E-state index contributed by atoms with van der Waals surface area (Å²) in [5.41, 5.74) is 0.964. The minimum atomic E-state index is -3.32. The lowest BCUT2D eigenvalue weighted by molar-refractivity contribution is 0.389. The summed E-state index contributed by atoms with van der Waals surface area (Å²) in [6, 6.07) is 7.37. The summed E-state index contributed by atoms with van der Waals surface area (Å²) in [5.74, 6) is 0.589. The largest absolute Gasteiger partial charge is 0.385 e. The van der Waals surface area contributed by atoms with E-state index in [1.807, 2.05) is 19.1 Å². The average Bonchev–Trinajstić information content (AvgIpc) is 3.29. The van der Waals surface area contributed by atoms with Gasteiger partial charge in [-0.05, 0) is 62.8 Å². The molecular weight excluding hydrogens is 272 g/mol. The number of hydrogen-bond acceptors (Lipinski definition) is 3. The van der Waals surface area contributed by atoms with Gasteiger partial charge in [0.05, 0.1) is 4.90 Å². The van der Waals surface area contributed by atoms with Crippen LogP contribution in [0, 0.1) is 5.92 Å². The SMILES string of the molecule is CCNc1ccc(S(=O)(=O)N(CC2CC2)C2CC2)cc1. The molecule has 5 heteroatoms. The standard InChI is InChI=1S/C15H22N2O2S/c1-2-16-13-5-9-15(10-6-13)20(18,19)17(14-7-8-14)11-12-3-4-12/h5-6,9-10,12,14,16H,2-4,7-8,11H2,1H3. The molecule has 1 aromatic rings. The predicted molar refractivity (Wildman–Crippen MR) is 80.2 cm³/mol. The third kappa shape index (κ3) is 2.99. The Bertz CT molecular complexity index is 560. The summed E-state index contributed by atoms with van der Waals surface area (Å²) in [7, 11) is -3.32. The maximum absolute atomic E-state index is 12.8. The van der Waals surface area contributed by atoms with E-state index >= 15 is 0 Å². The van der Waals surface area contributed by atoms with Gasteiger partial charge < -0.3 is 5.32 Å². The minimum absolute atomic E-state index is 0.244. The molecule has 0 spiro atoms. The summed E-state index contributed by atoms with van der Waals surface area (Å²) >= 11 is 0. The Balaban J connectivity index is 1.81. The summed E-state index contributed by atoms with van der Waals surface area (Å²) in [6.07, 6.45) is 4.39. The Hall–Kier alpha value is -1.07. The van der Waals surface area contributed by atoms with Crippen molar-refractivity contribution in [3.05, 3.63) is 24.3 Å². The second-order valence-electron chi connectivity index (χ2n) is 5.80. The third-order valence-electron chi connectivity index (χ3n) is 3.93. The second kappa shape index (κ2) is 5.37. The summed E-state index contributed by atoms with van der Waals surface area (Å²) in [5, 5.41) is 3.18. The van der Waals surface area contributed by atoms with E-state index in [1.165, 1.54) is 12.8 Å². The Labute approximate surface area is 121 Å². The Morgan fingerprint density at radius 2 is 1.80 bits per heavy atom. The summed E-state index contributed by atoms with van der Waals surface area (Å²) in [4.78, 5) is 0.423. The lowest BCUT2D eigenvalue weighted by atomic mass is 10.3. The fourth-order valence-corrected chi connectivity index (χ4v) is 4.21. The van der Waals surface area contributed by atoms with E-state index < -0.39 is 10.0 Å². The molecule has 110 valence electrons. The molecule has 1 aromatic carbocycles. The number of sulfonamides is 1. The van der Waals surface area contributed by atoms with E-state index in [4.69, 9.17) is 0 Å². The van der Waals surface area contributed by atoms with Crippen molar-refractivity contribution in [2.75, 3.05) is 18.4 Å². The Morgan fingerprint density at radius 1 is 1.15 bits per heavy atom. The smallest absolute Gasteiger partial charge is 0.243 e. The Kier molecular flexibility index (Phi) is 3.73. The van der Waals surface area contributed by atoms with Crippen LogP contribution in [0.1, 0.15) is 32.6 Å². The van der Waals surface area contributed by atoms with Crippen LogP contribution >= 0.6 is 0 Å². The third-order valence-corrected chi connectivity index (χ3v) is 5.86. The molecule has 2 saturated carbocycles. The van der Waals surface area contributed by atoms with Crippen molar-refractivity contribution in [2.24, 2.45) is 5.92 Å². The molecule has 0 aromatic heterocycles. The first-order valence-corrected chi connectivity index (χ1v) is 8.91. The number of anilines is 1. The molecular formula is C15H22N2O2S. The average molecular weight is 294 g/mol. The highest BCUT2D eigenvalue weighted by Crippen LogP contribution is 2.38. The zero-order valence-electron chi connectivity index (χ0n) is 11.9. The monoisotopic (exact) mass is 294 g/mol. The van der Waals surface area contributed by atoms with Crippen LogP contribution in [0.5, 0.6) is 0 Å². The highest BCUT2D eigenvalue weighted by atomic mass is 32.2. The van der Waals surface area contributed by atoms with Crippen molar-refractivity contribution in [1.29, 1.82) is 0 Å². The molecule has 4 nitrogen and oxygen atoms in total. The van der Waals surface area contributed by atoms with Crippen molar-refractivity contribution < 1.29 is 8.42 Å². The minimum Gasteiger partial charge on any atom is -0.385 e. The topological polar surface area (TPSA) is 49.4 Å². The van der Waals surface area contributed by atoms with Crippen molar-refractivity contribution in [1.82, 2.24) is 4.31 Å². The van der Waals surface area contributed by atoms with Gasteiger partial charge in [-0.15, -0.1) is 0 Å². The quantitative estimate of drug-likeness (QED) is 0.841. The molecule has 0 bridgehead atoms. The van der Waals surface area contributed by atoms with E-state index in [0.29, 0.717) is 17.4 Å². The molecule has 0 heterocycles. The first-order valence-electron chi connectivity index (χ1n) is 7.47. The fraction of sp³-hybridized carbons (Fsp3) is 0.600. The highest BCUT2D eigenvalue weighted by molar-refractivity contribution is 7.89. The van der Waals surface area contributed by atoms with Crippen LogP contribution in [-0.4, -0.2) is 31.9 Å². The molecule has 20 heavy (non-hydrogen) atoms. The zero-order chi connectivity index (χ0) is 14.2. The Morgan fingerprint density at radius 3 is 2.30 bits per heavy atom. The lowest BCUT2D eigenvalue weighted by Crippen LogP contribution is -2.34. The van der Waals surface area contributed by atoms with Gasteiger partial charge in [0.1, 0.15) is 0 Å². The van der Waals surface area contributed by atoms with Crippen LogP contribution in [0.2, 0.25) is 0 Å². The van der Waals surface area contributed by atoms with Gasteiger partial charge in [-0.2, -0.15) is 4.31 Å². The van der Waals surface area contributed by atoms with Gasteiger partial charge >= 0.3 is 0 Å². The van der Waals surface area contributed by atoms with E-state index in [0.717, 1.165) is 25.1 Å². The number of rotatable bonds is 7. The van der Waals surface area contributed by atoms with Gasteiger partial charge in [0, 0.05) is 24.8 Å². The van der Waals surface area contributed by atoms with Crippen LogP contribution in [0.25, 0.3) is 0 Å². The van der Waals surface area contributed by atoms with Crippen LogP contribution < -0.4 is 5.32 Å². The van der Waals surface area contributed by atoms with Crippen LogP contribution in [0.4, 0.5) is 5.69 Å². The maximum Gasteiger partial charge on any atom is 0.243 e. The van der Waals surface area contributed by atoms with Crippen molar-refractivity contribution in [2.45, 2.75) is 43.5 Å². The maximum atomic E-state index is 12.8. The van der Waals surface area contributed by atoms with E-state index in [-0.39, 0.29) is 6.04 Å². The van der Waals surface area contributed by atoms with Crippen LogP contribution in [0.3, 0.4) is 0 Å². The van der Waals surface area contributed by atoms with E-state index in [1.54, 1.807) is 16.4 Å². The van der Waals surface area contributed by atoms with Crippen molar-refractivity contribution in [3.8, 4) is 0 Å². The van der Waals surface area contributed by atoms with Gasteiger partial charge in [0.2, 0.25) is 10.0 Å². The second-order valence-corrected chi connectivity index (χ2v) is 7.69. The molecule has 0 aliphatic heterocycles. The van der Waals surface area contributed by atoms with Crippen molar-refractivity contribution in [3.63, 3.8) is 0 Å². The molecule has 0 atom stereocenters. The molecule has 2 aliphatic rings. The van der Waals surface area contributed by atoms with E-state index in [9.17, 15) is 8.42 Å². The molecule has 0 amide bonds. The van der Waals surface area contributed by atoms with Gasteiger partial charge in [-0.1, -0.05) is 0 Å². The molecule has 2 aliphatic carbocycles. The van der Waals surface area contributed by atoms with Gasteiger partial charge in [0.15, 0.2) is 0 Å². The number of nitrogens with zero attached hydrogens (tertiary/aromatic N) is 1. The molecule has 1 N–H and O–H groups in total. The van der Waals surface area contributed by atoms with Gasteiger partial charge in [-0.3, -0.25) is 0 Å². The number of nitrogens with one attached hydrogen (secondary N) is 1. The van der Waals surface area contributed by atoms with Gasteiger partial charge in [-0.25, -0.2) is 8.42 Å². The molecule has 0 saturated heterocycles.